The number of aromatic amines is 2. The molecule has 0 aliphatic rings. The fourth-order valence-corrected chi connectivity index (χ4v) is 2.14. The van der Waals surface area contributed by atoms with Gasteiger partial charge < -0.3 is 0 Å². The summed E-state index contributed by atoms with van der Waals surface area (Å²) < 4.78 is 0.806. The molecule has 2 N–H and O–H groups in total. The molecular formula is C14H10BrN5O. The maximum Gasteiger partial charge on any atom is 0.292 e. The molecule has 104 valence electrons. The Bertz CT molecular complexity index is 838. The molecule has 0 aliphatic carbocycles. The third-order valence-electron chi connectivity index (χ3n) is 2.78. The van der Waals surface area contributed by atoms with Gasteiger partial charge in [0.1, 0.15) is 5.69 Å². The SMILES string of the molecule is O=c1[nH][nH]c(-c2ccccn2)c1N=Nc1ccccc1Br. The number of aromatic nitrogens is 3. The van der Waals surface area contributed by atoms with Crippen molar-refractivity contribution < 1.29 is 0 Å². The molecule has 0 saturated carbocycles. The van der Waals surface area contributed by atoms with Gasteiger partial charge in [-0.2, -0.15) is 0 Å². The summed E-state index contributed by atoms with van der Waals surface area (Å²) >= 11 is 3.38. The van der Waals surface area contributed by atoms with Crippen molar-refractivity contribution in [3.05, 3.63) is 63.5 Å². The van der Waals surface area contributed by atoms with Gasteiger partial charge in [0, 0.05) is 10.7 Å². The van der Waals surface area contributed by atoms with Crippen LogP contribution in [0.25, 0.3) is 11.4 Å². The lowest BCUT2D eigenvalue weighted by molar-refractivity contribution is 1.05. The summed E-state index contributed by atoms with van der Waals surface area (Å²) in [4.78, 5) is 16.0. The summed E-state index contributed by atoms with van der Waals surface area (Å²) in [6, 6.07) is 12.8. The minimum Gasteiger partial charge on any atom is -0.294 e. The van der Waals surface area contributed by atoms with Crippen LogP contribution in [0.4, 0.5) is 11.4 Å². The number of hydrogen-bond donors (Lipinski definition) is 2. The standard InChI is InChI=1S/C14H10BrN5O/c15-9-5-1-2-6-10(9)17-19-13-12(18-20-14(13)21)11-7-3-4-8-16-11/h1-8H,(H2,18,20,21). The molecule has 0 amide bonds. The predicted octanol–water partition coefficient (Wildman–Crippen LogP) is 3.94. The largest absolute Gasteiger partial charge is 0.294 e. The van der Waals surface area contributed by atoms with Crippen molar-refractivity contribution in [2.75, 3.05) is 0 Å². The minimum absolute atomic E-state index is 0.199. The molecule has 0 aliphatic heterocycles. The Labute approximate surface area is 128 Å². The molecule has 3 aromatic rings. The maximum atomic E-state index is 11.8. The molecule has 7 heteroatoms. The van der Waals surface area contributed by atoms with Crippen LogP contribution in [0, 0.1) is 0 Å². The molecule has 0 unspecified atom stereocenters. The Balaban J connectivity index is 2.02. The quantitative estimate of drug-likeness (QED) is 0.705. The van der Waals surface area contributed by atoms with Gasteiger partial charge in [-0.1, -0.05) is 18.2 Å². The van der Waals surface area contributed by atoms with Crippen LogP contribution in [-0.4, -0.2) is 15.2 Å². The van der Waals surface area contributed by atoms with Crippen molar-refractivity contribution in [1.82, 2.24) is 15.2 Å². The summed E-state index contributed by atoms with van der Waals surface area (Å²) in [6.07, 6.45) is 1.65. The van der Waals surface area contributed by atoms with E-state index in [1.807, 2.05) is 24.3 Å². The molecule has 6 nitrogen and oxygen atoms in total. The number of rotatable bonds is 3. The molecule has 0 saturated heterocycles. The Morgan fingerprint density at radius 2 is 1.81 bits per heavy atom. The second kappa shape index (κ2) is 5.84. The van der Waals surface area contributed by atoms with Gasteiger partial charge in [-0.05, 0) is 40.2 Å². The van der Waals surface area contributed by atoms with Crippen LogP contribution in [0.15, 0.2) is 68.2 Å². The van der Waals surface area contributed by atoms with Crippen molar-refractivity contribution in [3.8, 4) is 11.4 Å². The lowest BCUT2D eigenvalue weighted by Crippen LogP contribution is -1.96. The van der Waals surface area contributed by atoms with E-state index in [9.17, 15) is 4.79 Å². The molecule has 3 rings (SSSR count). The van der Waals surface area contributed by atoms with E-state index in [-0.39, 0.29) is 11.2 Å². The van der Waals surface area contributed by atoms with E-state index >= 15 is 0 Å². The van der Waals surface area contributed by atoms with Gasteiger partial charge in [-0.15, -0.1) is 10.2 Å². The highest BCUT2D eigenvalue weighted by Crippen LogP contribution is 2.28. The zero-order valence-electron chi connectivity index (χ0n) is 10.7. The number of halogens is 1. The van der Waals surface area contributed by atoms with Crippen LogP contribution in [0.2, 0.25) is 0 Å². The number of azo groups is 1. The molecule has 0 bridgehead atoms. The van der Waals surface area contributed by atoms with Gasteiger partial charge in [0.25, 0.3) is 5.56 Å². The van der Waals surface area contributed by atoms with Crippen molar-refractivity contribution >= 4 is 27.3 Å². The molecule has 0 spiro atoms. The number of nitrogens with one attached hydrogen (secondary N) is 2. The van der Waals surface area contributed by atoms with Gasteiger partial charge in [0.05, 0.1) is 11.4 Å². The van der Waals surface area contributed by atoms with Gasteiger partial charge in [-0.25, -0.2) is 0 Å². The molecule has 0 radical (unpaired) electrons. The minimum atomic E-state index is -0.341. The number of pyridine rings is 1. The van der Waals surface area contributed by atoms with Crippen LogP contribution < -0.4 is 5.56 Å². The molecule has 1 aromatic carbocycles. The normalized spacial score (nSPS) is 11.1. The zero-order chi connectivity index (χ0) is 14.7. The van der Waals surface area contributed by atoms with Crippen LogP contribution in [0.5, 0.6) is 0 Å². The summed E-state index contributed by atoms with van der Waals surface area (Å²) in [5, 5.41) is 13.4. The predicted molar refractivity (Wildman–Crippen MR) is 83.0 cm³/mol. The molecular weight excluding hydrogens is 334 g/mol. The van der Waals surface area contributed by atoms with Crippen LogP contribution in [0.1, 0.15) is 0 Å². The fraction of sp³-hybridized carbons (Fsp3) is 0. The second-order valence-electron chi connectivity index (χ2n) is 4.17. The zero-order valence-corrected chi connectivity index (χ0v) is 12.3. The number of nitrogens with zero attached hydrogens (tertiary/aromatic N) is 3. The van der Waals surface area contributed by atoms with E-state index < -0.39 is 0 Å². The summed E-state index contributed by atoms with van der Waals surface area (Å²) in [5.74, 6) is 0. The maximum absolute atomic E-state index is 11.8. The highest BCUT2D eigenvalue weighted by molar-refractivity contribution is 9.10. The lowest BCUT2D eigenvalue weighted by Gasteiger charge is -1.97. The fourth-order valence-electron chi connectivity index (χ4n) is 1.78. The Morgan fingerprint density at radius 1 is 1.00 bits per heavy atom. The van der Waals surface area contributed by atoms with Crippen molar-refractivity contribution in [2.24, 2.45) is 10.2 Å². The van der Waals surface area contributed by atoms with Crippen molar-refractivity contribution in [2.45, 2.75) is 0 Å². The van der Waals surface area contributed by atoms with Crippen molar-refractivity contribution in [3.63, 3.8) is 0 Å². The van der Waals surface area contributed by atoms with E-state index in [1.54, 1.807) is 24.4 Å². The first-order valence-electron chi connectivity index (χ1n) is 6.14. The summed E-state index contributed by atoms with van der Waals surface area (Å²) in [7, 11) is 0. The van der Waals surface area contributed by atoms with E-state index in [4.69, 9.17) is 0 Å². The van der Waals surface area contributed by atoms with Gasteiger partial charge in [0.15, 0.2) is 5.69 Å². The van der Waals surface area contributed by atoms with Crippen molar-refractivity contribution in [1.29, 1.82) is 0 Å². The van der Waals surface area contributed by atoms with Crippen LogP contribution in [0.3, 0.4) is 0 Å². The first-order chi connectivity index (χ1) is 10.3. The third-order valence-corrected chi connectivity index (χ3v) is 3.45. The lowest BCUT2D eigenvalue weighted by atomic mass is 10.2. The average molecular weight is 344 g/mol. The number of benzene rings is 1. The molecule has 0 atom stereocenters. The van der Waals surface area contributed by atoms with Crippen LogP contribution >= 0.6 is 15.9 Å². The topological polar surface area (TPSA) is 86.3 Å². The van der Waals surface area contributed by atoms with E-state index in [2.05, 4.69) is 41.3 Å². The first-order valence-corrected chi connectivity index (χ1v) is 6.93. The molecule has 21 heavy (non-hydrogen) atoms. The Morgan fingerprint density at radius 3 is 2.57 bits per heavy atom. The van der Waals surface area contributed by atoms with E-state index in [1.165, 1.54) is 0 Å². The van der Waals surface area contributed by atoms with Crippen LogP contribution in [-0.2, 0) is 0 Å². The highest BCUT2D eigenvalue weighted by Gasteiger charge is 2.12. The van der Waals surface area contributed by atoms with Gasteiger partial charge >= 0.3 is 0 Å². The smallest absolute Gasteiger partial charge is 0.292 e. The average Bonchev–Trinajstić information content (AvgIpc) is 2.88. The molecule has 2 heterocycles. The van der Waals surface area contributed by atoms with Gasteiger partial charge in [-0.3, -0.25) is 20.0 Å². The highest BCUT2D eigenvalue weighted by atomic mass is 79.9. The molecule has 2 aromatic heterocycles. The Hall–Kier alpha value is -2.54. The third kappa shape index (κ3) is 2.82. The Kier molecular flexibility index (Phi) is 3.74. The number of H-pyrrole nitrogens is 2. The summed E-state index contributed by atoms with van der Waals surface area (Å²) in [5.41, 5.74) is 1.63. The monoisotopic (exact) mass is 343 g/mol. The van der Waals surface area contributed by atoms with Gasteiger partial charge in [0.2, 0.25) is 0 Å². The molecule has 0 fully saturated rings. The first kappa shape index (κ1) is 13.4. The number of hydrogen-bond acceptors (Lipinski definition) is 4. The summed E-state index contributed by atoms with van der Waals surface area (Å²) in [6.45, 7) is 0. The van der Waals surface area contributed by atoms with E-state index in [0.717, 1.165) is 4.47 Å². The second-order valence-corrected chi connectivity index (χ2v) is 5.02. The van der Waals surface area contributed by atoms with E-state index in [0.29, 0.717) is 17.1 Å².